The fraction of sp³-hybridized carbons (Fsp3) is 0.533. The van der Waals surface area contributed by atoms with Crippen LogP contribution in [0.4, 0.5) is 0 Å². The maximum atomic E-state index is 11.9. The second kappa shape index (κ2) is 5.61. The summed E-state index contributed by atoms with van der Waals surface area (Å²) in [6.07, 6.45) is 2.11. The molecule has 0 aromatic heterocycles. The minimum absolute atomic E-state index is 0.0102. The van der Waals surface area contributed by atoms with E-state index in [1.165, 1.54) is 5.56 Å². The van der Waals surface area contributed by atoms with Crippen molar-refractivity contribution in [1.29, 1.82) is 0 Å². The van der Waals surface area contributed by atoms with Gasteiger partial charge in [-0.2, -0.15) is 0 Å². The number of benzene rings is 1. The van der Waals surface area contributed by atoms with E-state index in [9.17, 15) is 4.79 Å². The third-order valence-electron chi connectivity index (χ3n) is 3.55. The highest BCUT2D eigenvalue weighted by Gasteiger charge is 2.25. The first-order chi connectivity index (χ1) is 9.03. The summed E-state index contributed by atoms with van der Waals surface area (Å²) in [4.78, 5) is 11.9. The van der Waals surface area contributed by atoms with Crippen molar-refractivity contribution >= 4 is 5.91 Å². The number of hydrogen-bond acceptors (Lipinski definition) is 3. The molecular weight excluding hydrogens is 240 g/mol. The van der Waals surface area contributed by atoms with Gasteiger partial charge < -0.3 is 15.8 Å². The molecule has 0 bridgehead atoms. The van der Waals surface area contributed by atoms with E-state index < -0.39 is 5.41 Å². The summed E-state index contributed by atoms with van der Waals surface area (Å²) in [6.45, 7) is 5.38. The van der Waals surface area contributed by atoms with Crippen molar-refractivity contribution in [3.8, 4) is 5.75 Å². The lowest BCUT2D eigenvalue weighted by Gasteiger charge is -2.22. The Labute approximate surface area is 114 Å². The van der Waals surface area contributed by atoms with Crippen LogP contribution in [0.1, 0.15) is 31.4 Å². The van der Waals surface area contributed by atoms with Crippen molar-refractivity contribution in [2.75, 3.05) is 13.2 Å². The normalized spacial score (nSPS) is 14.5. The van der Waals surface area contributed by atoms with Gasteiger partial charge in [0.25, 0.3) is 0 Å². The van der Waals surface area contributed by atoms with Crippen LogP contribution in [0.25, 0.3) is 0 Å². The molecule has 0 spiro atoms. The highest BCUT2D eigenvalue weighted by Crippen LogP contribution is 2.25. The van der Waals surface area contributed by atoms with E-state index in [0.29, 0.717) is 13.1 Å². The number of aryl methyl sites for hydroxylation is 1. The maximum Gasteiger partial charge on any atom is 0.227 e. The molecule has 3 N–H and O–H groups in total. The zero-order valence-corrected chi connectivity index (χ0v) is 11.7. The van der Waals surface area contributed by atoms with Crippen LogP contribution in [0, 0.1) is 5.41 Å². The van der Waals surface area contributed by atoms with E-state index in [2.05, 4.69) is 11.4 Å². The number of carbonyl (C=O) groups is 1. The van der Waals surface area contributed by atoms with Gasteiger partial charge in [0, 0.05) is 13.1 Å². The van der Waals surface area contributed by atoms with E-state index in [4.69, 9.17) is 10.5 Å². The number of amides is 1. The molecule has 0 atom stereocenters. The molecule has 1 aliphatic heterocycles. The zero-order chi connectivity index (χ0) is 13.9. The number of ether oxygens (including phenoxy) is 1. The van der Waals surface area contributed by atoms with Gasteiger partial charge in [0.05, 0.1) is 12.0 Å². The van der Waals surface area contributed by atoms with Crippen LogP contribution in [-0.2, 0) is 17.8 Å². The Bertz CT molecular complexity index is 469. The van der Waals surface area contributed by atoms with Gasteiger partial charge in [-0.3, -0.25) is 4.79 Å². The van der Waals surface area contributed by atoms with Crippen molar-refractivity contribution in [1.82, 2.24) is 5.32 Å². The van der Waals surface area contributed by atoms with Crippen molar-refractivity contribution in [3.63, 3.8) is 0 Å². The monoisotopic (exact) mass is 262 g/mol. The lowest BCUT2D eigenvalue weighted by Crippen LogP contribution is -2.41. The second-order valence-electron chi connectivity index (χ2n) is 5.66. The Kier molecular flexibility index (Phi) is 4.10. The summed E-state index contributed by atoms with van der Waals surface area (Å²) in [5.41, 5.74) is 7.41. The van der Waals surface area contributed by atoms with Crippen LogP contribution < -0.4 is 15.8 Å². The summed E-state index contributed by atoms with van der Waals surface area (Å²) < 4.78 is 5.57. The van der Waals surface area contributed by atoms with Crippen LogP contribution in [0.3, 0.4) is 0 Å². The molecule has 104 valence electrons. The molecule has 19 heavy (non-hydrogen) atoms. The minimum Gasteiger partial charge on any atom is -0.493 e. The molecule has 4 heteroatoms. The number of carbonyl (C=O) groups excluding carboxylic acids is 1. The number of fused-ring (bicyclic) bond motifs is 1. The molecule has 1 heterocycles. The Balaban J connectivity index is 1.99. The van der Waals surface area contributed by atoms with E-state index >= 15 is 0 Å². The first-order valence-corrected chi connectivity index (χ1v) is 6.76. The lowest BCUT2D eigenvalue weighted by molar-refractivity contribution is -0.129. The van der Waals surface area contributed by atoms with Gasteiger partial charge in [0.2, 0.25) is 5.91 Å². The van der Waals surface area contributed by atoms with Gasteiger partial charge in [-0.15, -0.1) is 0 Å². The van der Waals surface area contributed by atoms with Gasteiger partial charge in [0.15, 0.2) is 0 Å². The van der Waals surface area contributed by atoms with E-state index in [0.717, 1.165) is 30.8 Å². The highest BCUT2D eigenvalue weighted by molar-refractivity contribution is 5.82. The van der Waals surface area contributed by atoms with Gasteiger partial charge >= 0.3 is 0 Å². The summed E-state index contributed by atoms with van der Waals surface area (Å²) >= 11 is 0. The first kappa shape index (κ1) is 13.9. The van der Waals surface area contributed by atoms with E-state index in [1.807, 2.05) is 26.0 Å². The third-order valence-corrected chi connectivity index (χ3v) is 3.55. The van der Waals surface area contributed by atoms with Crippen LogP contribution in [0.5, 0.6) is 5.75 Å². The fourth-order valence-corrected chi connectivity index (χ4v) is 2.04. The topological polar surface area (TPSA) is 64.4 Å². The van der Waals surface area contributed by atoms with Crippen molar-refractivity contribution < 1.29 is 9.53 Å². The predicted molar refractivity (Wildman–Crippen MR) is 74.9 cm³/mol. The molecule has 0 fully saturated rings. The molecule has 0 radical (unpaired) electrons. The Morgan fingerprint density at radius 1 is 1.47 bits per heavy atom. The van der Waals surface area contributed by atoms with Crippen molar-refractivity contribution in [3.05, 3.63) is 29.3 Å². The van der Waals surface area contributed by atoms with Crippen molar-refractivity contribution in [2.24, 2.45) is 11.1 Å². The van der Waals surface area contributed by atoms with Gasteiger partial charge in [-0.25, -0.2) is 0 Å². The first-order valence-electron chi connectivity index (χ1n) is 6.76. The molecular formula is C15H22N2O2. The zero-order valence-electron chi connectivity index (χ0n) is 11.7. The number of nitrogens with one attached hydrogen (secondary N) is 1. The Hall–Kier alpha value is -1.55. The molecule has 4 nitrogen and oxygen atoms in total. The molecule has 1 aromatic carbocycles. The van der Waals surface area contributed by atoms with Crippen LogP contribution in [0.2, 0.25) is 0 Å². The second-order valence-corrected chi connectivity index (χ2v) is 5.66. The summed E-state index contributed by atoms with van der Waals surface area (Å²) in [5.74, 6) is 0.965. The number of rotatable bonds is 4. The average Bonchev–Trinajstić information content (AvgIpc) is 2.44. The van der Waals surface area contributed by atoms with E-state index in [-0.39, 0.29) is 5.91 Å². The van der Waals surface area contributed by atoms with Crippen molar-refractivity contribution in [2.45, 2.75) is 33.2 Å². The Morgan fingerprint density at radius 2 is 2.26 bits per heavy atom. The molecule has 1 aromatic rings. The molecule has 1 aliphatic rings. The molecule has 0 unspecified atom stereocenters. The minimum atomic E-state index is -0.517. The fourth-order valence-electron chi connectivity index (χ4n) is 2.04. The summed E-state index contributed by atoms with van der Waals surface area (Å²) in [6, 6.07) is 6.11. The lowest BCUT2D eigenvalue weighted by atomic mass is 9.92. The molecule has 1 amide bonds. The maximum absolute atomic E-state index is 11.9. The molecule has 0 saturated heterocycles. The van der Waals surface area contributed by atoms with Gasteiger partial charge in [-0.05, 0) is 43.9 Å². The summed E-state index contributed by atoms with van der Waals surface area (Å²) in [5, 5.41) is 2.94. The molecule has 0 aliphatic carbocycles. The van der Waals surface area contributed by atoms with Gasteiger partial charge in [-0.1, -0.05) is 12.1 Å². The third kappa shape index (κ3) is 3.26. The van der Waals surface area contributed by atoms with Crippen LogP contribution in [0.15, 0.2) is 18.2 Å². The van der Waals surface area contributed by atoms with E-state index in [1.54, 1.807) is 0 Å². The SMILES string of the molecule is CC(C)(CN)C(=O)NCc1ccc2c(c1)CCCO2. The quantitative estimate of drug-likeness (QED) is 0.866. The van der Waals surface area contributed by atoms with Crippen LogP contribution in [-0.4, -0.2) is 19.1 Å². The highest BCUT2D eigenvalue weighted by atomic mass is 16.5. The van der Waals surface area contributed by atoms with Crippen LogP contribution >= 0.6 is 0 Å². The molecule has 2 rings (SSSR count). The number of hydrogen-bond donors (Lipinski definition) is 2. The Morgan fingerprint density at radius 3 is 3.00 bits per heavy atom. The summed E-state index contributed by atoms with van der Waals surface area (Å²) in [7, 11) is 0. The number of nitrogens with two attached hydrogens (primary N) is 1. The average molecular weight is 262 g/mol. The smallest absolute Gasteiger partial charge is 0.227 e. The standard InChI is InChI=1S/C15H22N2O2/c1-15(2,10-16)14(18)17-9-11-5-6-13-12(8-11)4-3-7-19-13/h5-6,8H,3-4,7,9-10,16H2,1-2H3,(H,17,18). The molecule has 0 saturated carbocycles. The van der Waals surface area contributed by atoms with Gasteiger partial charge in [0.1, 0.15) is 5.75 Å². The predicted octanol–water partition coefficient (Wildman–Crippen LogP) is 1.61. The largest absolute Gasteiger partial charge is 0.493 e.